The Hall–Kier alpha value is -1.71. The molecule has 0 spiro atoms. The number of aromatic nitrogens is 5. The number of nitrogens with zero attached hydrogens (tertiary/aromatic N) is 5. The lowest BCUT2D eigenvalue weighted by Gasteiger charge is -2.08. The Bertz CT molecular complexity index is 995. The van der Waals surface area contributed by atoms with Crippen LogP contribution < -0.4 is 5.32 Å². The van der Waals surface area contributed by atoms with E-state index in [4.69, 9.17) is 11.6 Å². The van der Waals surface area contributed by atoms with Gasteiger partial charge in [-0.15, -0.1) is 11.3 Å². The lowest BCUT2D eigenvalue weighted by atomic mass is 10.2. The standard InChI is InChI=1S/C18H22BrClN6OS/c1-10(8-25-9-14(20)7-22-25)18-23-12(3)16(28-18)17(27)21-5-6-26-13(4)15(19)11(2)24-26/h7,9-10H,5-6,8H2,1-4H3,(H,21,27)/t10-/m0/s1. The number of hydrogen-bond acceptors (Lipinski definition) is 5. The Morgan fingerprint density at radius 1 is 1.36 bits per heavy atom. The van der Waals surface area contributed by atoms with E-state index in [1.54, 1.807) is 17.1 Å². The monoisotopic (exact) mass is 484 g/mol. The van der Waals surface area contributed by atoms with Gasteiger partial charge in [0, 0.05) is 30.9 Å². The molecule has 28 heavy (non-hydrogen) atoms. The predicted molar refractivity (Wildman–Crippen MR) is 114 cm³/mol. The molecule has 3 heterocycles. The highest BCUT2D eigenvalue weighted by molar-refractivity contribution is 9.10. The van der Waals surface area contributed by atoms with Gasteiger partial charge in [-0.2, -0.15) is 10.2 Å². The van der Waals surface area contributed by atoms with Crippen LogP contribution in [0.4, 0.5) is 0 Å². The molecule has 10 heteroatoms. The second-order valence-corrected chi connectivity index (χ2v) is 8.97. The van der Waals surface area contributed by atoms with E-state index in [0.717, 1.165) is 26.6 Å². The zero-order valence-electron chi connectivity index (χ0n) is 16.2. The van der Waals surface area contributed by atoms with E-state index in [1.807, 2.05) is 25.5 Å². The van der Waals surface area contributed by atoms with E-state index in [1.165, 1.54) is 11.3 Å². The molecule has 1 atom stereocenters. The molecule has 0 aromatic carbocycles. The topological polar surface area (TPSA) is 77.6 Å². The zero-order chi connectivity index (χ0) is 20.4. The third kappa shape index (κ3) is 4.64. The first-order valence-corrected chi connectivity index (χ1v) is 10.9. The van der Waals surface area contributed by atoms with Crippen molar-refractivity contribution in [1.82, 2.24) is 29.9 Å². The summed E-state index contributed by atoms with van der Waals surface area (Å²) in [4.78, 5) is 17.8. The van der Waals surface area contributed by atoms with Crippen molar-refractivity contribution in [3.05, 3.63) is 48.9 Å². The zero-order valence-corrected chi connectivity index (χ0v) is 19.3. The molecule has 0 saturated carbocycles. The number of nitrogens with one attached hydrogen (secondary N) is 1. The van der Waals surface area contributed by atoms with Crippen molar-refractivity contribution in [3.8, 4) is 0 Å². The Balaban J connectivity index is 1.60. The molecular weight excluding hydrogens is 464 g/mol. The number of aryl methyl sites for hydroxylation is 2. The molecule has 0 saturated heterocycles. The normalized spacial score (nSPS) is 12.4. The molecule has 0 aliphatic carbocycles. The third-order valence-corrected chi connectivity index (χ3v) is 7.14. The van der Waals surface area contributed by atoms with Crippen LogP contribution in [0.3, 0.4) is 0 Å². The summed E-state index contributed by atoms with van der Waals surface area (Å²) in [6.45, 7) is 9.66. The third-order valence-electron chi connectivity index (χ3n) is 4.41. The summed E-state index contributed by atoms with van der Waals surface area (Å²) >= 11 is 10.9. The highest BCUT2D eigenvalue weighted by atomic mass is 79.9. The summed E-state index contributed by atoms with van der Waals surface area (Å²) in [5, 5.41) is 13.1. The molecule has 0 aliphatic rings. The van der Waals surface area contributed by atoms with Gasteiger partial charge in [0.1, 0.15) is 4.88 Å². The van der Waals surface area contributed by atoms with Crippen molar-refractivity contribution < 1.29 is 4.79 Å². The Kier molecular flexibility index (Phi) is 6.57. The second-order valence-electron chi connectivity index (χ2n) is 6.71. The average Bonchev–Trinajstić information content (AvgIpc) is 3.30. The van der Waals surface area contributed by atoms with Gasteiger partial charge in [0.15, 0.2) is 0 Å². The number of amides is 1. The molecule has 1 N–H and O–H groups in total. The molecule has 0 unspecified atom stereocenters. The molecule has 0 fully saturated rings. The number of carbonyl (C=O) groups excluding carboxylic acids is 1. The van der Waals surface area contributed by atoms with E-state index in [-0.39, 0.29) is 11.8 Å². The highest BCUT2D eigenvalue weighted by Crippen LogP contribution is 2.26. The van der Waals surface area contributed by atoms with E-state index < -0.39 is 0 Å². The van der Waals surface area contributed by atoms with Crippen LogP contribution in [0.15, 0.2) is 16.9 Å². The summed E-state index contributed by atoms with van der Waals surface area (Å²) in [5.74, 6) is 0.0319. The smallest absolute Gasteiger partial charge is 0.263 e. The molecule has 0 aliphatic heterocycles. The molecule has 3 aromatic heterocycles. The largest absolute Gasteiger partial charge is 0.349 e. The van der Waals surface area contributed by atoms with Crippen molar-refractivity contribution >= 4 is 44.8 Å². The summed E-state index contributed by atoms with van der Waals surface area (Å²) in [5.41, 5.74) is 2.74. The number of rotatable bonds is 7. The summed E-state index contributed by atoms with van der Waals surface area (Å²) in [6.07, 6.45) is 3.39. The highest BCUT2D eigenvalue weighted by Gasteiger charge is 2.19. The van der Waals surface area contributed by atoms with Crippen LogP contribution in [0.1, 0.15) is 44.6 Å². The van der Waals surface area contributed by atoms with Crippen molar-refractivity contribution in [2.75, 3.05) is 6.54 Å². The maximum Gasteiger partial charge on any atom is 0.263 e. The van der Waals surface area contributed by atoms with Gasteiger partial charge in [-0.25, -0.2) is 4.98 Å². The minimum atomic E-state index is -0.101. The lowest BCUT2D eigenvalue weighted by molar-refractivity contribution is 0.0955. The van der Waals surface area contributed by atoms with E-state index >= 15 is 0 Å². The van der Waals surface area contributed by atoms with Crippen molar-refractivity contribution in [2.45, 2.75) is 46.7 Å². The van der Waals surface area contributed by atoms with Gasteiger partial charge in [-0.05, 0) is 36.7 Å². The average molecular weight is 486 g/mol. The SMILES string of the molecule is Cc1nc([C@@H](C)Cn2cc(Cl)cn2)sc1C(=O)NCCn1nc(C)c(Br)c1C. The Morgan fingerprint density at radius 2 is 2.11 bits per heavy atom. The van der Waals surface area contributed by atoms with Crippen LogP contribution in [0.2, 0.25) is 5.02 Å². The quantitative estimate of drug-likeness (QED) is 0.546. The summed E-state index contributed by atoms with van der Waals surface area (Å²) in [7, 11) is 0. The molecule has 7 nitrogen and oxygen atoms in total. The first-order chi connectivity index (χ1) is 13.3. The lowest BCUT2D eigenvalue weighted by Crippen LogP contribution is -2.27. The van der Waals surface area contributed by atoms with Crippen LogP contribution in [-0.4, -0.2) is 37.0 Å². The van der Waals surface area contributed by atoms with Gasteiger partial charge in [-0.1, -0.05) is 18.5 Å². The van der Waals surface area contributed by atoms with E-state index in [9.17, 15) is 4.79 Å². The number of halogens is 2. The Morgan fingerprint density at radius 3 is 2.71 bits per heavy atom. The second kappa shape index (κ2) is 8.75. The molecular formula is C18H22BrClN6OS. The van der Waals surface area contributed by atoms with Gasteiger partial charge in [-0.3, -0.25) is 14.2 Å². The van der Waals surface area contributed by atoms with Gasteiger partial charge < -0.3 is 5.32 Å². The van der Waals surface area contributed by atoms with Gasteiger partial charge in [0.05, 0.1) is 38.6 Å². The summed E-state index contributed by atoms with van der Waals surface area (Å²) in [6, 6.07) is 0. The van der Waals surface area contributed by atoms with Gasteiger partial charge >= 0.3 is 0 Å². The fourth-order valence-corrected chi connectivity index (χ4v) is 4.35. The fourth-order valence-electron chi connectivity index (χ4n) is 2.88. The predicted octanol–water partition coefficient (Wildman–Crippen LogP) is 4.11. The Labute approximate surface area is 181 Å². The molecule has 3 aromatic rings. The van der Waals surface area contributed by atoms with Crippen LogP contribution in [0.25, 0.3) is 0 Å². The minimum Gasteiger partial charge on any atom is -0.349 e. The van der Waals surface area contributed by atoms with Crippen LogP contribution in [-0.2, 0) is 13.1 Å². The van der Waals surface area contributed by atoms with Crippen LogP contribution in [0.5, 0.6) is 0 Å². The minimum absolute atomic E-state index is 0.101. The van der Waals surface area contributed by atoms with E-state index in [2.05, 4.69) is 43.4 Å². The first kappa shape index (κ1) is 21.0. The van der Waals surface area contributed by atoms with Gasteiger partial charge in [0.25, 0.3) is 5.91 Å². The van der Waals surface area contributed by atoms with Crippen LogP contribution in [0, 0.1) is 20.8 Å². The van der Waals surface area contributed by atoms with Crippen molar-refractivity contribution in [3.63, 3.8) is 0 Å². The van der Waals surface area contributed by atoms with E-state index in [0.29, 0.717) is 29.5 Å². The first-order valence-electron chi connectivity index (χ1n) is 8.89. The molecule has 1 amide bonds. The van der Waals surface area contributed by atoms with Crippen molar-refractivity contribution in [2.24, 2.45) is 0 Å². The molecule has 150 valence electrons. The summed E-state index contributed by atoms with van der Waals surface area (Å²) < 4.78 is 4.69. The number of thiazole rings is 1. The number of carbonyl (C=O) groups is 1. The molecule has 0 radical (unpaired) electrons. The maximum absolute atomic E-state index is 12.6. The molecule has 3 rings (SSSR count). The van der Waals surface area contributed by atoms with Crippen LogP contribution >= 0.6 is 38.9 Å². The molecule has 0 bridgehead atoms. The van der Waals surface area contributed by atoms with Gasteiger partial charge in [0.2, 0.25) is 0 Å². The fraction of sp³-hybridized carbons (Fsp3) is 0.444. The maximum atomic E-state index is 12.6. The van der Waals surface area contributed by atoms with Crippen molar-refractivity contribution in [1.29, 1.82) is 0 Å². The number of hydrogen-bond donors (Lipinski definition) is 1.